The molecule has 0 aliphatic heterocycles. The Hall–Kier alpha value is -1.55. The maximum Gasteiger partial charge on any atom is 0.191 e. The summed E-state index contributed by atoms with van der Waals surface area (Å²) in [5, 5.41) is 6.55. The fourth-order valence-corrected chi connectivity index (χ4v) is 2.05. The van der Waals surface area contributed by atoms with Gasteiger partial charge in [-0.3, -0.25) is 4.99 Å². The van der Waals surface area contributed by atoms with Gasteiger partial charge in [-0.15, -0.1) is 0 Å². The maximum absolute atomic E-state index is 5.28. The van der Waals surface area contributed by atoms with Crippen LogP contribution in [0.25, 0.3) is 0 Å². The molecule has 0 aromatic heterocycles. The van der Waals surface area contributed by atoms with E-state index in [4.69, 9.17) is 4.74 Å². The van der Waals surface area contributed by atoms with E-state index in [1.807, 2.05) is 6.92 Å². The lowest BCUT2D eigenvalue weighted by Crippen LogP contribution is -2.39. The average molecular weight is 277 g/mol. The molecule has 0 fully saturated rings. The molecule has 1 rings (SSSR count). The van der Waals surface area contributed by atoms with Gasteiger partial charge in [-0.25, -0.2) is 0 Å². The fraction of sp³-hybridized carbons (Fsp3) is 0.562. The van der Waals surface area contributed by atoms with Crippen molar-refractivity contribution in [3.8, 4) is 0 Å². The van der Waals surface area contributed by atoms with Crippen molar-refractivity contribution in [2.24, 2.45) is 4.99 Å². The second-order valence-corrected chi connectivity index (χ2v) is 4.80. The SMILES string of the molecule is CCOCCNC(=NC)NCCc1ccc(C)cc1C. The van der Waals surface area contributed by atoms with Gasteiger partial charge in [0.05, 0.1) is 6.61 Å². The molecule has 1 aromatic rings. The minimum absolute atomic E-state index is 0.703. The number of aryl methyl sites for hydroxylation is 2. The van der Waals surface area contributed by atoms with Gasteiger partial charge in [-0.2, -0.15) is 0 Å². The Labute approximate surface area is 122 Å². The van der Waals surface area contributed by atoms with Crippen LogP contribution in [0.5, 0.6) is 0 Å². The molecule has 0 aliphatic carbocycles. The summed E-state index contributed by atoms with van der Waals surface area (Å²) in [7, 11) is 1.78. The zero-order chi connectivity index (χ0) is 14.8. The molecule has 0 radical (unpaired) electrons. The van der Waals surface area contributed by atoms with Crippen molar-refractivity contribution in [3.63, 3.8) is 0 Å². The Morgan fingerprint density at radius 3 is 2.60 bits per heavy atom. The van der Waals surface area contributed by atoms with Gasteiger partial charge >= 0.3 is 0 Å². The van der Waals surface area contributed by atoms with Crippen LogP contribution < -0.4 is 10.6 Å². The van der Waals surface area contributed by atoms with Crippen LogP contribution in [0, 0.1) is 13.8 Å². The van der Waals surface area contributed by atoms with Gasteiger partial charge in [-0.1, -0.05) is 23.8 Å². The summed E-state index contributed by atoms with van der Waals surface area (Å²) in [5.41, 5.74) is 4.05. The van der Waals surface area contributed by atoms with E-state index in [0.29, 0.717) is 6.61 Å². The van der Waals surface area contributed by atoms with Gasteiger partial charge in [-0.05, 0) is 38.3 Å². The third kappa shape index (κ3) is 6.06. The molecule has 2 N–H and O–H groups in total. The van der Waals surface area contributed by atoms with Crippen LogP contribution >= 0.6 is 0 Å². The predicted octanol–water partition coefficient (Wildman–Crippen LogP) is 2.05. The summed E-state index contributed by atoms with van der Waals surface area (Å²) in [6, 6.07) is 6.60. The number of hydrogen-bond acceptors (Lipinski definition) is 2. The van der Waals surface area contributed by atoms with Crippen molar-refractivity contribution in [2.45, 2.75) is 27.2 Å². The van der Waals surface area contributed by atoms with Crippen LogP contribution in [0.2, 0.25) is 0 Å². The predicted molar refractivity (Wildman–Crippen MR) is 85.5 cm³/mol. The summed E-state index contributed by atoms with van der Waals surface area (Å²) < 4.78 is 5.28. The molecule has 0 amide bonds. The third-order valence-corrected chi connectivity index (χ3v) is 3.15. The lowest BCUT2D eigenvalue weighted by atomic mass is 10.0. The number of nitrogens with one attached hydrogen (secondary N) is 2. The smallest absolute Gasteiger partial charge is 0.191 e. The van der Waals surface area contributed by atoms with Gasteiger partial charge < -0.3 is 15.4 Å². The van der Waals surface area contributed by atoms with E-state index < -0.39 is 0 Å². The summed E-state index contributed by atoms with van der Waals surface area (Å²) in [6.45, 7) is 9.39. The van der Waals surface area contributed by atoms with Gasteiger partial charge in [0.25, 0.3) is 0 Å². The lowest BCUT2D eigenvalue weighted by Gasteiger charge is -2.12. The molecule has 0 spiro atoms. The van der Waals surface area contributed by atoms with E-state index >= 15 is 0 Å². The first-order valence-electron chi connectivity index (χ1n) is 7.25. The van der Waals surface area contributed by atoms with Crippen molar-refractivity contribution in [3.05, 3.63) is 34.9 Å². The Morgan fingerprint density at radius 1 is 1.20 bits per heavy atom. The van der Waals surface area contributed by atoms with Gasteiger partial charge in [0, 0.05) is 26.7 Å². The molecule has 0 unspecified atom stereocenters. The highest BCUT2D eigenvalue weighted by Gasteiger charge is 2.00. The molecule has 0 saturated carbocycles. The van der Waals surface area contributed by atoms with E-state index in [2.05, 4.69) is 47.7 Å². The van der Waals surface area contributed by atoms with Crippen LogP contribution in [-0.4, -0.2) is 39.3 Å². The van der Waals surface area contributed by atoms with E-state index in [1.165, 1.54) is 16.7 Å². The maximum atomic E-state index is 5.28. The fourth-order valence-electron chi connectivity index (χ4n) is 2.05. The number of aliphatic imine (C=N–C) groups is 1. The van der Waals surface area contributed by atoms with Crippen molar-refractivity contribution >= 4 is 5.96 Å². The Kier molecular flexibility index (Phi) is 7.73. The van der Waals surface area contributed by atoms with Crippen LogP contribution in [0.15, 0.2) is 23.2 Å². The van der Waals surface area contributed by atoms with Gasteiger partial charge in [0.2, 0.25) is 0 Å². The molecule has 0 aliphatic rings. The zero-order valence-corrected chi connectivity index (χ0v) is 13.1. The first-order chi connectivity index (χ1) is 9.67. The van der Waals surface area contributed by atoms with E-state index in [0.717, 1.165) is 32.1 Å². The minimum Gasteiger partial charge on any atom is -0.380 e. The number of benzene rings is 1. The summed E-state index contributed by atoms with van der Waals surface area (Å²) >= 11 is 0. The van der Waals surface area contributed by atoms with E-state index in [1.54, 1.807) is 7.05 Å². The third-order valence-electron chi connectivity index (χ3n) is 3.15. The highest BCUT2D eigenvalue weighted by Crippen LogP contribution is 2.10. The van der Waals surface area contributed by atoms with Crippen LogP contribution in [0.3, 0.4) is 0 Å². The molecular weight excluding hydrogens is 250 g/mol. The molecular formula is C16H27N3O. The molecule has 4 heteroatoms. The first kappa shape index (κ1) is 16.5. The lowest BCUT2D eigenvalue weighted by molar-refractivity contribution is 0.152. The second kappa shape index (κ2) is 9.37. The summed E-state index contributed by atoms with van der Waals surface area (Å²) in [6.07, 6.45) is 0.998. The average Bonchev–Trinajstić information content (AvgIpc) is 2.43. The van der Waals surface area contributed by atoms with Crippen molar-refractivity contribution < 1.29 is 4.74 Å². The molecule has 0 heterocycles. The van der Waals surface area contributed by atoms with Crippen LogP contribution in [-0.2, 0) is 11.2 Å². The monoisotopic (exact) mass is 277 g/mol. The van der Waals surface area contributed by atoms with Crippen molar-refractivity contribution in [1.29, 1.82) is 0 Å². The molecule has 1 aromatic carbocycles. The number of nitrogens with zero attached hydrogens (tertiary/aromatic N) is 1. The van der Waals surface area contributed by atoms with Gasteiger partial charge in [0.1, 0.15) is 0 Å². The van der Waals surface area contributed by atoms with E-state index in [9.17, 15) is 0 Å². The molecule has 0 saturated heterocycles. The van der Waals surface area contributed by atoms with Crippen molar-refractivity contribution in [1.82, 2.24) is 10.6 Å². The Balaban J connectivity index is 2.31. The second-order valence-electron chi connectivity index (χ2n) is 4.80. The Bertz CT molecular complexity index is 430. The molecule has 112 valence electrons. The minimum atomic E-state index is 0.703. The van der Waals surface area contributed by atoms with Crippen molar-refractivity contribution in [2.75, 3.05) is 33.4 Å². The molecule has 0 atom stereocenters. The summed E-state index contributed by atoms with van der Waals surface area (Å²) in [5.74, 6) is 0.828. The zero-order valence-electron chi connectivity index (χ0n) is 13.1. The molecule has 4 nitrogen and oxygen atoms in total. The topological polar surface area (TPSA) is 45.6 Å². The summed E-state index contributed by atoms with van der Waals surface area (Å²) in [4.78, 5) is 4.19. The Morgan fingerprint density at radius 2 is 1.95 bits per heavy atom. The number of ether oxygens (including phenoxy) is 1. The quantitative estimate of drug-likeness (QED) is 0.455. The van der Waals surface area contributed by atoms with Gasteiger partial charge in [0.15, 0.2) is 5.96 Å². The van der Waals surface area contributed by atoms with E-state index in [-0.39, 0.29) is 0 Å². The first-order valence-corrected chi connectivity index (χ1v) is 7.25. The van der Waals surface area contributed by atoms with Crippen LogP contribution in [0.1, 0.15) is 23.6 Å². The standard InChI is InChI=1S/C16H27N3O/c1-5-20-11-10-19-16(17-4)18-9-8-15-7-6-13(2)12-14(15)3/h6-7,12H,5,8-11H2,1-4H3,(H2,17,18,19). The highest BCUT2D eigenvalue weighted by atomic mass is 16.5. The normalized spacial score (nSPS) is 11.5. The largest absolute Gasteiger partial charge is 0.380 e. The van der Waals surface area contributed by atoms with Crippen LogP contribution in [0.4, 0.5) is 0 Å². The number of rotatable bonds is 7. The number of hydrogen-bond donors (Lipinski definition) is 2. The molecule has 20 heavy (non-hydrogen) atoms. The number of guanidine groups is 1. The molecule has 0 bridgehead atoms. The highest BCUT2D eigenvalue weighted by molar-refractivity contribution is 5.79.